The van der Waals surface area contributed by atoms with Crippen LogP contribution < -0.4 is 11.5 Å². The fourth-order valence-corrected chi connectivity index (χ4v) is 1.78. The highest BCUT2D eigenvalue weighted by Crippen LogP contribution is 2.11. The van der Waals surface area contributed by atoms with Crippen molar-refractivity contribution in [3.8, 4) is 0 Å². The van der Waals surface area contributed by atoms with Crippen LogP contribution in [0.25, 0.3) is 12.2 Å². The van der Waals surface area contributed by atoms with Gasteiger partial charge in [-0.25, -0.2) is 0 Å². The fraction of sp³-hybridized carbons (Fsp3) is 0.125. The lowest BCUT2D eigenvalue weighted by molar-refractivity contribution is 1.07. The van der Waals surface area contributed by atoms with Crippen LogP contribution in [0.2, 0.25) is 0 Å². The Morgan fingerprint density at radius 2 is 1.39 bits per heavy atom. The molecule has 0 spiro atoms. The molecule has 2 aromatic rings. The third-order valence-electron chi connectivity index (χ3n) is 2.87. The van der Waals surface area contributed by atoms with Gasteiger partial charge in [0.1, 0.15) is 0 Å². The van der Waals surface area contributed by atoms with E-state index in [1.54, 1.807) is 0 Å². The molecule has 0 unspecified atom stereocenters. The Bertz CT molecular complexity index is 527. The number of nitrogens with two attached hydrogens (primary N) is 2. The molecular weight excluding hydrogens is 220 g/mol. The van der Waals surface area contributed by atoms with E-state index in [0.717, 1.165) is 11.1 Å². The van der Waals surface area contributed by atoms with Gasteiger partial charge in [-0.1, -0.05) is 60.7 Å². The van der Waals surface area contributed by atoms with Crippen LogP contribution in [0, 0.1) is 0 Å². The van der Waals surface area contributed by atoms with Crippen LogP contribution in [0.3, 0.4) is 0 Å². The summed E-state index contributed by atoms with van der Waals surface area (Å²) in [7, 11) is 0. The minimum Gasteiger partial charge on any atom is -0.326 e. The maximum absolute atomic E-state index is 5.62. The Labute approximate surface area is 108 Å². The maximum atomic E-state index is 5.62. The third-order valence-corrected chi connectivity index (χ3v) is 2.87. The first kappa shape index (κ1) is 12.6. The van der Waals surface area contributed by atoms with Crippen LogP contribution >= 0.6 is 0 Å². The Kier molecular flexibility index (Phi) is 4.29. The Balaban J connectivity index is 2.13. The molecule has 0 aliphatic rings. The van der Waals surface area contributed by atoms with Gasteiger partial charge in [-0.05, 0) is 22.3 Å². The van der Waals surface area contributed by atoms with Crippen molar-refractivity contribution < 1.29 is 0 Å². The van der Waals surface area contributed by atoms with Gasteiger partial charge in [0.05, 0.1) is 0 Å². The second-order valence-corrected chi connectivity index (χ2v) is 4.23. The molecule has 0 saturated heterocycles. The van der Waals surface area contributed by atoms with E-state index in [9.17, 15) is 0 Å². The van der Waals surface area contributed by atoms with Gasteiger partial charge in [-0.2, -0.15) is 0 Å². The second kappa shape index (κ2) is 6.15. The molecule has 0 radical (unpaired) electrons. The summed E-state index contributed by atoms with van der Waals surface area (Å²) in [6, 6.07) is 16.5. The summed E-state index contributed by atoms with van der Waals surface area (Å²) < 4.78 is 0. The van der Waals surface area contributed by atoms with E-state index in [1.807, 2.05) is 12.1 Å². The number of benzene rings is 2. The molecule has 0 atom stereocenters. The lowest BCUT2D eigenvalue weighted by atomic mass is 10.1. The predicted molar refractivity (Wildman–Crippen MR) is 77.6 cm³/mol. The van der Waals surface area contributed by atoms with E-state index in [0.29, 0.717) is 13.1 Å². The lowest BCUT2D eigenvalue weighted by Gasteiger charge is -1.99. The van der Waals surface area contributed by atoms with Gasteiger partial charge in [0.25, 0.3) is 0 Å². The van der Waals surface area contributed by atoms with Gasteiger partial charge in [0, 0.05) is 13.1 Å². The van der Waals surface area contributed by atoms with Gasteiger partial charge in [-0.3, -0.25) is 0 Å². The first-order valence-electron chi connectivity index (χ1n) is 6.08. The van der Waals surface area contributed by atoms with Crippen molar-refractivity contribution in [1.82, 2.24) is 0 Å². The average molecular weight is 238 g/mol. The van der Waals surface area contributed by atoms with E-state index in [1.165, 1.54) is 11.1 Å². The largest absolute Gasteiger partial charge is 0.326 e. The smallest absolute Gasteiger partial charge is 0.0178 e. The molecule has 4 N–H and O–H groups in total. The monoisotopic (exact) mass is 238 g/mol. The minimum absolute atomic E-state index is 0.576. The fourth-order valence-electron chi connectivity index (χ4n) is 1.78. The highest BCUT2D eigenvalue weighted by atomic mass is 14.5. The molecule has 0 amide bonds. The molecule has 0 aromatic heterocycles. The summed E-state index contributed by atoms with van der Waals surface area (Å²) in [4.78, 5) is 0. The van der Waals surface area contributed by atoms with Crippen LogP contribution in [-0.2, 0) is 13.1 Å². The van der Waals surface area contributed by atoms with Crippen molar-refractivity contribution in [2.45, 2.75) is 13.1 Å². The van der Waals surface area contributed by atoms with E-state index in [-0.39, 0.29) is 0 Å². The van der Waals surface area contributed by atoms with E-state index in [2.05, 4.69) is 48.6 Å². The molecule has 92 valence electrons. The second-order valence-electron chi connectivity index (χ2n) is 4.23. The first-order chi connectivity index (χ1) is 8.81. The van der Waals surface area contributed by atoms with Crippen LogP contribution in [0.15, 0.2) is 48.5 Å². The molecule has 2 rings (SSSR count). The van der Waals surface area contributed by atoms with Gasteiger partial charge < -0.3 is 11.5 Å². The third kappa shape index (κ3) is 3.29. The molecule has 0 fully saturated rings. The Morgan fingerprint density at radius 3 is 2.06 bits per heavy atom. The van der Waals surface area contributed by atoms with Crippen molar-refractivity contribution in [3.63, 3.8) is 0 Å². The standard InChI is InChI=1S/C16H18N2/c17-11-15-8-5-13(6-9-15)4-7-14-2-1-3-16(10-14)12-18/h1-10H,11-12,17-18H2. The van der Waals surface area contributed by atoms with E-state index < -0.39 is 0 Å². The summed E-state index contributed by atoms with van der Waals surface area (Å²) in [5.41, 5.74) is 15.8. The van der Waals surface area contributed by atoms with Gasteiger partial charge in [-0.15, -0.1) is 0 Å². The van der Waals surface area contributed by atoms with Crippen molar-refractivity contribution >= 4 is 12.2 Å². The van der Waals surface area contributed by atoms with Crippen molar-refractivity contribution in [2.75, 3.05) is 0 Å². The predicted octanol–water partition coefficient (Wildman–Crippen LogP) is 2.77. The quantitative estimate of drug-likeness (QED) is 0.805. The highest BCUT2D eigenvalue weighted by Gasteiger charge is 1.92. The summed E-state index contributed by atoms with van der Waals surface area (Å²) >= 11 is 0. The van der Waals surface area contributed by atoms with Crippen LogP contribution in [0.4, 0.5) is 0 Å². The molecule has 0 heterocycles. The highest BCUT2D eigenvalue weighted by molar-refractivity contribution is 5.69. The van der Waals surface area contributed by atoms with Gasteiger partial charge in [0.15, 0.2) is 0 Å². The number of hydrogen-bond donors (Lipinski definition) is 2. The van der Waals surface area contributed by atoms with Crippen molar-refractivity contribution in [1.29, 1.82) is 0 Å². The van der Waals surface area contributed by atoms with E-state index >= 15 is 0 Å². The first-order valence-corrected chi connectivity index (χ1v) is 6.08. The molecule has 0 saturated carbocycles. The lowest BCUT2D eigenvalue weighted by Crippen LogP contribution is -1.95. The minimum atomic E-state index is 0.576. The van der Waals surface area contributed by atoms with Gasteiger partial charge >= 0.3 is 0 Å². The van der Waals surface area contributed by atoms with Crippen molar-refractivity contribution in [2.24, 2.45) is 11.5 Å². The zero-order valence-corrected chi connectivity index (χ0v) is 10.3. The molecule has 2 aromatic carbocycles. The molecular formula is C16H18N2. The Hall–Kier alpha value is -1.90. The van der Waals surface area contributed by atoms with Crippen molar-refractivity contribution in [3.05, 3.63) is 70.8 Å². The molecule has 0 aliphatic carbocycles. The number of hydrogen-bond acceptors (Lipinski definition) is 2. The SMILES string of the molecule is NCc1ccc(C=Cc2cccc(CN)c2)cc1. The summed E-state index contributed by atoms with van der Waals surface area (Å²) in [6.45, 7) is 1.16. The molecule has 0 bridgehead atoms. The van der Waals surface area contributed by atoms with Crippen LogP contribution in [-0.4, -0.2) is 0 Å². The average Bonchev–Trinajstić information content (AvgIpc) is 2.46. The number of rotatable bonds is 4. The van der Waals surface area contributed by atoms with Gasteiger partial charge in [0.2, 0.25) is 0 Å². The topological polar surface area (TPSA) is 52.0 Å². The Morgan fingerprint density at radius 1 is 0.722 bits per heavy atom. The van der Waals surface area contributed by atoms with E-state index in [4.69, 9.17) is 11.5 Å². The van der Waals surface area contributed by atoms with Crippen LogP contribution in [0.1, 0.15) is 22.3 Å². The molecule has 18 heavy (non-hydrogen) atoms. The zero-order valence-electron chi connectivity index (χ0n) is 10.3. The normalized spacial score (nSPS) is 11.0. The zero-order chi connectivity index (χ0) is 12.8. The summed E-state index contributed by atoms with van der Waals surface area (Å²) in [5, 5.41) is 0. The maximum Gasteiger partial charge on any atom is 0.0178 e. The molecule has 2 nitrogen and oxygen atoms in total. The summed E-state index contributed by atoms with van der Waals surface area (Å²) in [6.07, 6.45) is 4.19. The van der Waals surface area contributed by atoms with Crippen LogP contribution in [0.5, 0.6) is 0 Å². The molecule has 2 heteroatoms. The summed E-state index contributed by atoms with van der Waals surface area (Å²) in [5.74, 6) is 0. The molecule has 0 aliphatic heterocycles.